The highest BCUT2D eigenvalue weighted by atomic mass is 28.4. The minimum absolute atomic E-state index is 0.0213. The van der Waals surface area contributed by atoms with Crippen molar-refractivity contribution in [2.45, 2.75) is 83.7 Å². The third-order valence-corrected chi connectivity index (χ3v) is 11.2. The molecule has 0 aromatic heterocycles. The van der Waals surface area contributed by atoms with E-state index in [0.29, 0.717) is 0 Å². The molecule has 1 atom stereocenters. The lowest BCUT2D eigenvalue weighted by Crippen LogP contribution is -2.67. The van der Waals surface area contributed by atoms with Crippen LogP contribution in [0.5, 0.6) is 0 Å². The summed E-state index contributed by atoms with van der Waals surface area (Å²) in [6.07, 6.45) is -6.05. The molecule has 0 radical (unpaired) electrons. The fourth-order valence-corrected chi connectivity index (χ4v) is 9.20. The van der Waals surface area contributed by atoms with E-state index in [9.17, 15) is 28.1 Å². The molecule has 0 bridgehead atoms. The summed E-state index contributed by atoms with van der Waals surface area (Å²) >= 11 is 0. The van der Waals surface area contributed by atoms with Gasteiger partial charge in [0.25, 0.3) is 14.0 Å². The maximum atomic E-state index is 12.8. The Balaban J connectivity index is 2.41. The Kier molecular flexibility index (Phi) is 11.1. The number of benzene rings is 2. The van der Waals surface area contributed by atoms with Gasteiger partial charge in [0.05, 0.1) is 23.6 Å². The monoisotopic (exact) mass is 580 g/mol. The van der Waals surface area contributed by atoms with Crippen molar-refractivity contribution in [2.24, 2.45) is 0 Å². The molecule has 0 aliphatic carbocycles. The lowest BCUT2D eigenvalue weighted by molar-refractivity contribution is -0.429. The molecule has 11 heteroatoms. The third kappa shape index (κ3) is 9.78. The third-order valence-electron chi connectivity index (χ3n) is 6.19. The molecular formula is C29H39F3N2O5Si. The average Bonchev–Trinajstić information content (AvgIpc) is 2.82. The smallest absolute Gasteiger partial charge is 0.415 e. The number of nitrogens with zero attached hydrogens (tertiary/aromatic N) is 1. The van der Waals surface area contributed by atoms with Crippen molar-refractivity contribution < 1.29 is 32.1 Å². The van der Waals surface area contributed by atoms with Crippen molar-refractivity contribution in [2.75, 3.05) is 6.61 Å². The number of rotatable bonds is 11. The fourth-order valence-electron chi connectivity index (χ4n) is 4.59. The average molecular weight is 581 g/mol. The van der Waals surface area contributed by atoms with Gasteiger partial charge in [0.15, 0.2) is 0 Å². The second kappa shape index (κ2) is 13.4. The first-order valence-corrected chi connectivity index (χ1v) is 15.0. The van der Waals surface area contributed by atoms with Crippen molar-refractivity contribution in [3.8, 4) is 0 Å². The van der Waals surface area contributed by atoms with E-state index in [-0.39, 0.29) is 30.6 Å². The van der Waals surface area contributed by atoms with Gasteiger partial charge >= 0.3 is 12.3 Å². The van der Waals surface area contributed by atoms with Gasteiger partial charge in [-0.1, -0.05) is 81.4 Å². The van der Waals surface area contributed by atoms with Crippen LogP contribution in [0.15, 0.2) is 72.4 Å². The second-order valence-electron chi connectivity index (χ2n) is 11.6. The molecule has 0 spiro atoms. The first-order valence-electron chi connectivity index (χ1n) is 13.1. The number of halogens is 3. The van der Waals surface area contributed by atoms with E-state index in [1.165, 1.54) is 0 Å². The highest BCUT2D eigenvalue weighted by Gasteiger charge is 2.50. The Labute approximate surface area is 235 Å². The molecule has 1 amide bonds. The first-order chi connectivity index (χ1) is 18.4. The summed E-state index contributed by atoms with van der Waals surface area (Å²) < 4.78 is 50.7. The van der Waals surface area contributed by atoms with Crippen molar-refractivity contribution >= 4 is 24.8 Å². The molecule has 0 saturated heterocycles. The number of hydrogen-bond donors (Lipinski definition) is 1. The van der Waals surface area contributed by atoms with Crippen LogP contribution in [0.25, 0.3) is 0 Å². The van der Waals surface area contributed by atoms with Crippen molar-refractivity contribution in [3.63, 3.8) is 0 Å². The number of ether oxygens (including phenoxy) is 1. The standard InChI is InChI=1S/C29H39F3N2O5Si/c1-27(2,3)39-26(35)33-22(14-13-15-23(34(36)37)20-29(30,31)32)21-38-40(28(4,5)6,24-16-9-7-10-17-24)25-18-11-8-12-19-25/h7-12,16-20,22H,13-15,21H2,1-6H3,(H,33,35)/b23-20-/t22-/m0/s1. The van der Waals surface area contributed by atoms with Gasteiger partial charge in [-0.3, -0.25) is 10.1 Å². The van der Waals surface area contributed by atoms with Crippen LogP contribution in [-0.2, 0) is 9.16 Å². The van der Waals surface area contributed by atoms with E-state index in [2.05, 4.69) is 26.1 Å². The summed E-state index contributed by atoms with van der Waals surface area (Å²) in [6, 6.07) is 19.0. The Morgan fingerprint density at radius 3 is 1.88 bits per heavy atom. The van der Waals surface area contributed by atoms with Gasteiger partial charge in [0.2, 0.25) is 0 Å². The van der Waals surface area contributed by atoms with Crippen LogP contribution >= 0.6 is 0 Å². The van der Waals surface area contributed by atoms with Gasteiger partial charge in [-0.05, 0) is 49.0 Å². The molecule has 7 nitrogen and oxygen atoms in total. The maximum absolute atomic E-state index is 12.8. The molecular weight excluding hydrogens is 541 g/mol. The molecule has 2 rings (SSSR count). The predicted octanol–water partition coefficient (Wildman–Crippen LogP) is 6.35. The normalized spacial score (nSPS) is 14.0. The van der Waals surface area contributed by atoms with E-state index in [4.69, 9.17) is 9.16 Å². The number of nitro groups is 1. The van der Waals surface area contributed by atoms with Crippen LogP contribution in [0.1, 0.15) is 60.8 Å². The number of alkyl carbamates (subject to hydrolysis) is 1. The van der Waals surface area contributed by atoms with E-state index >= 15 is 0 Å². The van der Waals surface area contributed by atoms with Crippen LogP contribution in [0.4, 0.5) is 18.0 Å². The Bertz CT molecular complexity index is 1100. The topological polar surface area (TPSA) is 90.7 Å². The van der Waals surface area contributed by atoms with Crippen LogP contribution in [0.2, 0.25) is 5.04 Å². The number of alkyl halides is 3. The minimum Gasteiger partial charge on any atom is -0.444 e. The van der Waals surface area contributed by atoms with Crippen LogP contribution in [0.3, 0.4) is 0 Å². The van der Waals surface area contributed by atoms with E-state index in [1.54, 1.807) is 20.8 Å². The molecule has 0 heterocycles. The van der Waals surface area contributed by atoms with Gasteiger partial charge in [0.1, 0.15) is 5.60 Å². The molecule has 2 aromatic carbocycles. The van der Waals surface area contributed by atoms with Gasteiger partial charge in [0, 0.05) is 6.42 Å². The zero-order valence-corrected chi connectivity index (χ0v) is 24.9. The summed E-state index contributed by atoms with van der Waals surface area (Å²) in [5.74, 6) is 0. The van der Waals surface area contributed by atoms with E-state index < -0.39 is 49.3 Å². The summed E-state index contributed by atoms with van der Waals surface area (Å²) in [4.78, 5) is 22.8. The number of allylic oxidation sites excluding steroid dienone is 2. The molecule has 0 saturated carbocycles. The largest absolute Gasteiger partial charge is 0.444 e. The van der Waals surface area contributed by atoms with E-state index in [0.717, 1.165) is 10.4 Å². The van der Waals surface area contributed by atoms with E-state index in [1.807, 2.05) is 60.7 Å². The summed E-state index contributed by atoms with van der Waals surface area (Å²) in [6.45, 7) is 11.5. The summed E-state index contributed by atoms with van der Waals surface area (Å²) in [5, 5.41) is 15.7. The zero-order valence-electron chi connectivity index (χ0n) is 23.9. The minimum atomic E-state index is -4.80. The van der Waals surface area contributed by atoms with Crippen molar-refractivity contribution in [3.05, 3.63) is 82.6 Å². The molecule has 0 fully saturated rings. The fraction of sp³-hybridized carbons (Fsp3) is 0.483. The van der Waals surface area contributed by atoms with Gasteiger partial charge < -0.3 is 14.5 Å². The lowest BCUT2D eigenvalue weighted by Gasteiger charge is -2.43. The highest BCUT2D eigenvalue weighted by Crippen LogP contribution is 2.37. The molecule has 0 aliphatic rings. The highest BCUT2D eigenvalue weighted by molar-refractivity contribution is 6.99. The lowest BCUT2D eigenvalue weighted by atomic mass is 10.1. The quantitative estimate of drug-likeness (QED) is 0.190. The Morgan fingerprint density at radius 1 is 0.975 bits per heavy atom. The molecule has 2 aromatic rings. The molecule has 0 aliphatic heterocycles. The predicted molar refractivity (Wildman–Crippen MR) is 152 cm³/mol. The van der Waals surface area contributed by atoms with Crippen LogP contribution in [0, 0.1) is 10.1 Å². The molecule has 40 heavy (non-hydrogen) atoms. The number of carbonyl (C=O) groups excluding carboxylic acids is 1. The van der Waals surface area contributed by atoms with Crippen molar-refractivity contribution in [1.29, 1.82) is 0 Å². The van der Waals surface area contributed by atoms with Crippen LogP contribution in [-0.4, -0.2) is 43.8 Å². The number of carbonyl (C=O) groups is 1. The summed E-state index contributed by atoms with van der Waals surface area (Å²) in [5.41, 5.74) is -1.71. The summed E-state index contributed by atoms with van der Waals surface area (Å²) in [7, 11) is -2.98. The zero-order chi connectivity index (χ0) is 30.2. The maximum Gasteiger partial charge on any atom is 0.415 e. The first kappa shape index (κ1) is 33.0. The SMILES string of the molecule is CC(C)(C)OC(=O)N[C@@H](CCC/C(=C/C(F)(F)F)[N+](=O)[O-])CO[Si](c1ccccc1)(c1ccccc1)C(C)(C)C. The van der Waals surface area contributed by atoms with Crippen LogP contribution < -0.4 is 15.7 Å². The Hall–Kier alpha value is -3.18. The number of amides is 1. The Morgan fingerprint density at radius 2 is 1.48 bits per heavy atom. The molecule has 0 unspecified atom stereocenters. The number of nitrogens with one attached hydrogen (secondary N) is 1. The van der Waals surface area contributed by atoms with Gasteiger partial charge in [-0.25, -0.2) is 4.79 Å². The number of hydrogen-bond acceptors (Lipinski definition) is 5. The molecule has 1 N–H and O–H groups in total. The second-order valence-corrected chi connectivity index (χ2v) is 15.9. The van der Waals surface area contributed by atoms with Gasteiger partial charge in [-0.15, -0.1) is 0 Å². The van der Waals surface area contributed by atoms with Gasteiger partial charge in [-0.2, -0.15) is 13.2 Å². The van der Waals surface area contributed by atoms with Crippen molar-refractivity contribution in [1.82, 2.24) is 5.32 Å². The molecule has 220 valence electrons.